The van der Waals surface area contributed by atoms with Crippen molar-refractivity contribution < 1.29 is 19.1 Å². The van der Waals surface area contributed by atoms with Crippen LogP contribution in [0.15, 0.2) is 30.3 Å². The van der Waals surface area contributed by atoms with Crippen molar-refractivity contribution >= 4 is 29.4 Å². The summed E-state index contributed by atoms with van der Waals surface area (Å²) < 4.78 is 9.06. The number of amides is 3. The van der Waals surface area contributed by atoms with Crippen LogP contribution in [0.1, 0.15) is 34.0 Å². The van der Waals surface area contributed by atoms with Gasteiger partial charge in [0.1, 0.15) is 0 Å². The van der Waals surface area contributed by atoms with Crippen molar-refractivity contribution in [2.75, 3.05) is 7.05 Å². The molecule has 1 aromatic carbocycles. The molecule has 0 aliphatic heterocycles. The molecule has 0 fully saturated rings. The molecular weight excluding hydrogens is 332 g/mol. The quantitative estimate of drug-likeness (QED) is 0.792. The molecule has 1 atom stereocenters. The lowest BCUT2D eigenvalue weighted by atomic mass is 10.1. The van der Waals surface area contributed by atoms with Crippen LogP contribution >= 0.6 is 11.5 Å². The van der Waals surface area contributed by atoms with Crippen LogP contribution in [0.4, 0.5) is 4.79 Å². The molecule has 9 heteroatoms. The van der Waals surface area contributed by atoms with Crippen LogP contribution in [0.2, 0.25) is 0 Å². The number of rotatable bonds is 5. The Labute approximate surface area is 142 Å². The number of aryl methyl sites for hydroxylation is 1. The number of aromatic nitrogens is 2. The number of nitrogens with one attached hydrogen (secondary N) is 2. The Hall–Kier alpha value is -2.81. The lowest BCUT2D eigenvalue weighted by Gasteiger charge is -2.17. The zero-order valence-electron chi connectivity index (χ0n) is 13.1. The number of hydrogen-bond donors (Lipinski definition) is 2. The minimum atomic E-state index is -1.26. The Balaban J connectivity index is 2.24. The van der Waals surface area contributed by atoms with E-state index in [9.17, 15) is 14.4 Å². The normalized spacial score (nSPS) is 11.4. The van der Waals surface area contributed by atoms with E-state index >= 15 is 0 Å². The summed E-state index contributed by atoms with van der Waals surface area (Å²) in [4.78, 5) is 36.3. The van der Waals surface area contributed by atoms with Crippen LogP contribution in [0, 0.1) is 0 Å². The highest BCUT2D eigenvalue weighted by Gasteiger charge is 2.28. The molecule has 0 unspecified atom stereocenters. The molecule has 0 aliphatic carbocycles. The van der Waals surface area contributed by atoms with Gasteiger partial charge in [0.25, 0.3) is 5.91 Å². The smallest absolute Gasteiger partial charge is 0.353 e. The second kappa shape index (κ2) is 8.16. The van der Waals surface area contributed by atoms with E-state index in [1.54, 1.807) is 30.3 Å². The molecule has 0 spiro atoms. The summed E-state index contributed by atoms with van der Waals surface area (Å²) in [5.74, 6) is -1.45. The maximum absolute atomic E-state index is 12.4. The predicted molar refractivity (Wildman–Crippen MR) is 86.5 cm³/mol. The Kier molecular flexibility index (Phi) is 5.96. The molecule has 3 amide bonds. The summed E-state index contributed by atoms with van der Waals surface area (Å²) in [6.07, 6.45) is -0.746. The van der Waals surface area contributed by atoms with Crippen LogP contribution in [0.25, 0.3) is 0 Å². The SMILES string of the molecule is CCc1nnsc1C(=O)O[C@@H](C(=O)NC(=O)NC)c1ccccc1. The molecule has 0 radical (unpaired) electrons. The van der Waals surface area contributed by atoms with Gasteiger partial charge in [0, 0.05) is 12.6 Å². The van der Waals surface area contributed by atoms with Crippen LogP contribution < -0.4 is 10.6 Å². The van der Waals surface area contributed by atoms with Gasteiger partial charge in [-0.3, -0.25) is 10.1 Å². The first-order chi connectivity index (χ1) is 11.6. The van der Waals surface area contributed by atoms with E-state index in [4.69, 9.17) is 4.74 Å². The van der Waals surface area contributed by atoms with E-state index in [2.05, 4.69) is 20.2 Å². The van der Waals surface area contributed by atoms with Crippen molar-refractivity contribution in [3.63, 3.8) is 0 Å². The fourth-order valence-electron chi connectivity index (χ4n) is 1.90. The van der Waals surface area contributed by atoms with Crippen molar-refractivity contribution in [2.45, 2.75) is 19.4 Å². The average Bonchev–Trinajstić information content (AvgIpc) is 3.08. The zero-order chi connectivity index (χ0) is 17.5. The van der Waals surface area contributed by atoms with Gasteiger partial charge < -0.3 is 10.1 Å². The van der Waals surface area contributed by atoms with E-state index in [-0.39, 0.29) is 4.88 Å². The van der Waals surface area contributed by atoms with Gasteiger partial charge in [-0.15, -0.1) is 5.10 Å². The molecule has 1 aromatic heterocycles. The molecule has 126 valence electrons. The Morgan fingerprint density at radius 2 is 1.96 bits per heavy atom. The lowest BCUT2D eigenvalue weighted by Crippen LogP contribution is -2.41. The highest BCUT2D eigenvalue weighted by atomic mass is 32.1. The van der Waals surface area contributed by atoms with Gasteiger partial charge in [-0.25, -0.2) is 9.59 Å². The predicted octanol–water partition coefficient (Wildman–Crippen LogP) is 1.45. The summed E-state index contributed by atoms with van der Waals surface area (Å²) in [6, 6.07) is 7.75. The van der Waals surface area contributed by atoms with E-state index < -0.39 is 24.0 Å². The molecule has 0 saturated carbocycles. The van der Waals surface area contributed by atoms with E-state index in [1.807, 2.05) is 6.92 Å². The number of hydrogen-bond acceptors (Lipinski definition) is 7. The number of carbonyl (C=O) groups excluding carboxylic acids is 3. The number of carbonyl (C=O) groups is 3. The van der Waals surface area contributed by atoms with Gasteiger partial charge in [-0.1, -0.05) is 41.7 Å². The van der Waals surface area contributed by atoms with Crippen molar-refractivity contribution in [3.8, 4) is 0 Å². The molecule has 2 N–H and O–H groups in total. The zero-order valence-corrected chi connectivity index (χ0v) is 13.9. The summed E-state index contributed by atoms with van der Waals surface area (Å²) in [5.41, 5.74) is 0.950. The van der Waals surface area contributed by atoms with Gasteiger partial charge >= 0.3 is 12.0 Å². The molecular formula is C15H16N4O4S. The lowest BCUT2D eigenvalue weighted by molar-refractivity contribution is -0.129. The summed E-state index contributed by atoms with van der Waals surface area (Å²) in [5, 5.41) is 8.23. The minimum absolute atomic E-state index is 0.242. The van der Waals surface area contributed by atoms with Crippen LogP contribution in [-0.2, 0) is 16.0 Å². The number of nitrogens with zero attached hydrogens (tertiary/aromatic N) is 2. The maximum atomic E-state index is 12.4. The van der Waals surface area contributed by atoms with E-state index in [1.165, 1.54) is 7.05 Å². The van der Waals surface area contributed by atoms with Crippen LogP contribution in [0.5, 0.6) is 0 Å². The molecule has 0 saturated heterocycles. The van der Waals surface area contributed by atoms with Crippen molar-refractivity contribution in [3.05, 3.63) is 46.5 Å². The molecule has 8 nitrogen and oxygen atoms in total. The number of esters is 1. The molecule has 1 heterocycles. The fourth-order valence-corrected chi connectivity index (χ4v) is 2.53. The van der Waals surface area contributed by atoms with Gasteiger partial charge in [0.05, 0.1) is 5.69 Å². The first-order valence-electron chi connectivity index (χ1n) is 7.16. The van der Waals surface area contributed by atoms with Crippen molar-refractivity contribution in [1.29, 1.82) is 0 Å². The van der Waals surface area contributed by atoms with Crippen LogP contribution in [-0.4, -0.2) is 34.5 Å². The topological polar surface area (TPSA) is 110 Å². The van der Waals surface area contributed by atoms with Crippen molar-refractivity contribution in [2.24, 2.45) is 0 Å². The molecule has 24 heavy (non-hydrogen) atoms. The molecule has 2 aromatic rings. The monoisotopic (exact) mass is 348 g/mol. The number of ether oxygens (including phenoxy) is 1. The molecule has 0 aliphatic rings. The third-order valence-electron chi connectivity index (χ3n) is 3.11. The first kappa shape index (κ1) is 17.5. The van der Waals surface area contributed by atoms with Gasteiger partial charge in [-0.2, -0.15) is 0 Å². The third-order valence-corrected chi connectivity index (χ3v) is 3.85. The summed E-state index contributed by atoms with van der Waals surface area (Å²) in [6.45, 7) is 1.83. The highest BCUT2D eigenvalue weighted by molar-refractivity contribution is 7.07. The fraction of sp³-hybridized carbons (Fsp3) is 0.267. The average molecular weight is 348 g/mol. The van der Waals surface area contributed by atoms with E-state index in [0.717, 1.165) is 11.5 Å². The minimum Gasteiger partial charge on any atom is -0.443 e. The highest BCUT2D eigenvalue weighted by Crippen LogP contribution is 2.22. The third kappa shape index (κ3) is 4.13. The van der Waals surface area contributed by atoms with Crippen molar-refractivity contribution in [1.82, 2.24) is 20.2 Å². The van der Waals surface area contributed by atoms with Gasteiger partial charge in [0.15, 0.2) is 4.88 Å². The molecule has 2 rings (SSSR count). The Morgan fingerprint density at radius 3 is 2.58 bits per heavy atom. The number of urea groups is 1. The second-order valence-electron chi connectivity index (χ2n) is 4.67. The summed E-state index contributed by atoms with van der Waals surface area (Å²) in [7, 11) is 1.38. The number of benzene rings is 1. The van der Waals surface area contributed by atoms with Gasteiger partial charge in [-0.05, 0) is 18.0 Å². The molecule has 0 bridgehead atoms. The van der Waals surface area contributed by atoms with E-state index in [0.29, 0.717) is 17.7 Å². The first-order valence-corrected chi connectivity index (χ1v) is 7.93. The largest absolute Gasteiger partial charge is 0.443 e. The standard InChI is InChI=1S/C15H16N4O4S/c1-3-10-12(24-19-18-10)14(21)23-11(9-7-5-4-6-8-9)13(20)17-15(22)16-2/h4-8,11H,3H2,1-2H3,(H2,16,17,20,22)/t11-/m1/s1. The number of imide groups is 1. The van der Waals surface area contributed by atoms with Crippen LogP contribution in [0.3, 0.4) is 0 Å². The summed E-state index contributed by atoms with van der Waals surface area (Å²) >= 11 is 0.903. The second-order valence-corrected chi connectivity index (χ2v) is 5.42. The Morgan fingerprint density at radius 1 is 1.25 bits per heavy atom. The maximum Gasteiger partial charge on any atom is 0.353 e. The van der Waals surface area contributed by atoms with Gasteiger partial charge in [0.2, 0.25) is 6.10 Å². The Bertz CT molecular complexity index is 732.